The zero-order valence-electron chi connectivity index (χ0n) is 13.0. The average molecular weight is 331 g/mol. The van der Waals surface area contributed by atoms with E-state index in [-0.39, 0.29) is 18.2 Å². The minimum atomic E-state index is -0.211. The van der Waals surface area contributed by atoms with E-state index in [1.54, 1.807) is 29.2 Å². The number of carbonyl (C=O) groups excluding carboxylic acids is 2. The number of hydrogen-bond donors (Lipinski definition) is 1. The van der Waals surface area contributed by atoms with Gasteiger partial charge in [0.2, 0.25) is 5.91 Å². The summed E-state index contributed by atoms with van der Waals surface area (Å²) in [5.74, 6) is -0.229. The minimum absolute atomic E-state index is 0.0184. The number of carbonyl (C=O) groups is 2. The predicted molar refractivity (Wildman–Crippen MR) is 92.9 cm³/mol. The largest absolute Gasteiger partial charge is 0.352 e. The molecule has 1 N–H and O–H groups in total. The quantitative estimate of drug-likeness (QED) is 0.881. The van der Waals surface area contributed by atoms with Crippen molar-refractivity contribution in [1.29, 1.82) is 0 Å². The lowest BCUT2D eigenvalue weighted by molar-refractivity contribution is -0.118. The first-order chi connectivity index (χ1) is 11.1. The maximum atomic E-state index is 12.3. The summed E-state index contributed by atoms with van der Waals surface area (Å²) in [5.41, 5.74) is 1.39. The molecule has 23 heavy (non-hydrogen) atoms. The van der Waals surface area contributed by atoms with Gasteiger partial charge in [0.15, 0.2) is 0 Å². The number of nitrogens with one attached hydrogen (secondary N) is 1. The van der Waals surface area contributed by atoms with E-state index >= 15 is 0 Å². The molecule has 120 valence electrons. The van der Waals surface area contributed by atoms with Crippen molar-refractivity contribution in [3.63, 3.8) is 0 Å². The minimum Gasteiger partial charge on any atom is -0.352 e. The van der Waals surface area contributed by atoms with Crippen LogP contribution in [0.5, 0.6) is 0 Å². The van der Waals surface area contributed by atoms with Gasteiger partial charge >= 0.3 is 0 Å². The maximum absolute atomic E-state index is 12.3. The molecule has 4 nitrogen and oxygen atoms in total. The highest BCUT2D eigenvalue weighted by atomic mass is 35.5. The number of nitrogens with zero attached hydrogens (tertiary/aromatic N) is 1. The first-order valence-corrected chi connectivity index (χ1v) is 7.88. The molecule has 0 atom stereocenters. The van der Waals surface area contributed by atoms with Crippen molar-refractivity contribution in [2.45, 2.75) is 13.3 Å². The Balaban J connectivity index is 1.86. The number of rotatable bonds is 6. The second kappa shape index (κ2) is 8.34. The van der Waals surface area contributed by atoms with Crippen LogP contribution in [-0.2, 0) is 4.79 Å². The van der Waals surface area contributed by atoms with Crippen LogP contribution in [0.1, 0.15) is 23.7 Å². The summed E-state index contributed by atoms with van der Waals surface area (Å²) in [6, 6.07) is 16.1. The lowest BCUT2D eigenvalue weighted by atomic mass is 10.2. The highest BCUT2D eigenvalue weighted by Crippen LogP contribution is 2.14. The van der Waals surface area contributed by atoms with E-state index in [1.807, 2.05) is 37.3 Å². The summed E-state index contributed by atoms with van der Waals surface area (Å²) in [4.78, 5) is 26.0. The SMILES string of the molecule is CCN(C(=O)CCNC(=O)c1ccc(Cl)cc1)c1ccccc1. The van der Waals surface area contributed by atoms with Crippen molar-refractivity contribution in [3.05, 3.63) is 65.2 Å². The van der Waals surface area contributed by atoms with Crippen LogP contribution >= 0.6 is 11.6 Å². The number of halogens is 1. The summed E-state index contributed by atoms with van der Waals surface area (Å²) in [6.07, 6.45) is 0.252. The second-order valence-electron chi connectivity index (χ2n) is 4.99. The van der Waals surface area contributed by atoms with Crippen LogP contribution in [0.3, 0.4) is 0 Å². The molecular weight excluding hydrogens is 312 g/mol. The number of anilines is 1. The smallest absolute Gasteiger partial charge is 0.251 e. The van der Waals surface area contributed by atoms with Crippen LogP contribution in [0.2, 0.25) is 5.02 Å². The molecule has 0 spiro atoms. The molecule has 0 saturated heterocycles. The molecule has 0 aromatic heterocycles. The Morgan fingerprint density at radius 3 is 2.30 bits per heavy atom. The molecule has 5 heteroatoms. The van der Waals surface area contributed by atoms with Crippen molar-refractivity contribution in [1.82, 2.24) is 5.32 Å². The first-order valence-electron chi connectivity index (χ1n) is 7.51. The molecule has 2 rings (SSSR count). The van der Waals surface area contributed by atoms with E-state index < -0.39 is 0 Å². The lowest BCUT2D eigenvalue weighted by Gasteiger charge is -2.21. The third-order valence-corrected chi connectivity index (χ3v) is 3.67. The molecule has 0 bridgehead atoms. The number of benzene rings is 2. The molecule has 0 heterocycles. The zero-order valence-corrected chi connectivity index (χ0v) is 13.7. The Morgan fingerprint density at radius 2 is 1.70 bits per heavy atom. The molecule has 0 unspecified atom stereocenters. The third kappa shape index (κ3) is 4.83. The van der Waals surface area contributed by atoms with Crippen LogP contribution in [0.15, 0.2) is 54.6 Å². The number of hydrogen-bond acceptors (Lipinski definition) is 2. The summed E-state index contributed by atoms with van der Waals surface area (Å²) in [6.45, 7) is 2.81. The van der Waals surface area contributed by atoms with Crippen LogP contribution in [0.25, 0.3) is 0 Å². The average Bonchev–Trinajstić information content (AvgIpc) is 2.57. The molecule has 0 aliphatic rings. The van der Waals surface area contributed by atoms with E-state index in [0.717, 1.165) is 5.69 Å². The summed E-state index contributed by atoms with van der Waals surface area (Å²) >= 11 is 5.79. The molecule has 0 fully saturated rings. The Hall–Kier alpha value is -2.33. The zero-order chi connectivity index (χ0) is 16.7. The van der Waals surface area contributed by atoms with Gasteiger partial charge in [0.05, 0.1) is 0 Å². The Morgan fingerprint density at radius 1 is 1.04 bits per heavy atom. The van der Waals surface area contributed by atoms with Crippen LogP contribution in [-0.4, -0.2) is 24.9 Å². The molecule has 0 aliphatic carbocycles. The highest BCUT2D eigenvalue weighted by molar-refractivity contribution is 6.30. The molecule has 2 amide bonds. The van der Waals surface area contributed by atoms with Gasteiger partial charge in [-0.3, -0.25) is 9.59 Å². The number of amides is 2. The molecular formula is C18H19ClN2O2. The fourth-order valence-corrected chi connectivity index (χ4v) is 2.36. The van der Waals surface area contributed by atoms with Crippen molar-refractivity contribution in [2.75, 3.05) is 18.0 Å². The van der Waals surface area contributed by atoms with Crippen LogP contribution in [0.4, 0.5) is 5.69 Å². The first kappa shape index (κ1) is 17.0. The van der Waals surface area contributed by atoms with E-state index in [2.05, 4.69) is 5.32 Å². The van der Waals surface area contributed by atoms with E-state index in [0.29, 0.717) is 23.7 Å². The summed E-state index contributed by atoms with van der Waals surface area (Å²) in [7, 11) is 0. The Bertz CT molecular complexity index is 656. The van der Waals surface area contributed by atoms with E-state index in [4.69, 9.17) is 11.6 Å². The van der Waals surface area contributed by atoms with Crippen molar-refractivity contribution >= 4 is 29.1 Å². The normalized spacial score (nSPS) is 10.2. The summed E-state index contributed by atoms with van der Waals surface area (Å²) < 4.78 is 0. The predicted octanol–water partition coefficient (Wildman–Crippen LogP) is 3.51. The van der Waals surface area contributed by atoms with Gasteiger partial charge in [-0.15, -0.1) is 0 Å². The van der Waals surface area contributed by atoms with Crippen molar-refractivity contribution < 1.29 is 9.59 Å². The van der Waals surface area contributed by atoms with Gasteiger partial charge in [0.25, 0.3) is 5.91 Å². The Labute approximate surface area is 141 Å². The van der Waals surface area contributed by atoms with Gasteiger partial charge in [-0.1, -0.05) is 29.8 Å². The standard InChI is InChI=1S/C18H19ClN2O2/c1-2-21(16-6-4-3-5-7-16)17(22)12-13-20-18(23)14-8-10-15(19)11-9-14/h3-11H,2,12-13H2,1H3,(H,20,23). The monoisotopic (exact) mass is 330 g/mol. The second-order valence-corrected chi connectivity index (χ2v) is 5.42. The van der Waals surface area contributed by atoms with Crippen molar-refractivity contribution in [2.24, 2.45) is 0 Å². The highest BCUT2D eigenvalue weighted by Gasteiger charge is 2.13. The van der Waals surface area contributed by atoms with Gasteiger partial charge in [0, 0.05) is 35.8 Å². The molecule has 2 aromatic rings. The van der Waals surface area contributed by atoms with E-state index in [1.165, 1.54) is 0 Å². The van der Waals surface area contributed by atoms with Crippen molar-refractivity contribution in [3.8, 4) is 0 Å². The molecule has 0 saturated carbocycles. The van der Waals surface area contributed by atoms with E-state index in [9.17, 15) is 9.59 Å². The molecule has 0 aliphatic heterocycles. The molecule has 2 aromatic carbocycles. The third-order valence-electron chi connectivity index (χ3n) is 3.42. The fraction of sp³-hybridized carbons (Fsp3) is 0.222. The lowest BCUT2D eigenvalue weighted by Crippen LogP contribution is -2.34. The van der Waals surface area contributed by atoms with Gasteiger partial charge in [-0.2, -0.15) is 0 Å². The molecule has 0 radical (unpaired) electrons. The maximum Gasteiger partial charge on any atom is 0.251 e. The van der Waals surface area contributed by atoms with Gasteiger partial charge < -0.3 is 10.2 Å². The van der Waals surface area contributed by atoms with Crippen LogP contribution < -0.4 is 10.2 Å². The fourth-order valence-electron chi connectivity index (χ4n) is 2.23. The Kier molecular flexibility index (Phi) is 6.18. The van der Waals surface area contributed by atoms with Crippen LogP contribution in [0, 0.1) is 0 Å². The van der Waals surface area contributed by atoms with Gasteiger partial charge in [-0.05, 0) is 43.3 Å². The van der Waals surface area contributed by atoms with Gasteiger partial charge in [-0.25, -0.2) is 0 Å². The van der Waals surface area contributed by atoms with Gasteiger partial charge in [0.1, 0.15) is 0 Å². The topological polar surface area (TPSA) is 49.4 Å². The number of para-hydroxylation sites is 1. The summed E-state index contributed by atoms with van der Waals surface area (Å²) in [5, 5.41) is 3.33.